The molecule has 0 spiro atoms. The van der Waals surface area contributed by atoms with Crippen molar-refractivity contribution in [3.8, 4) is 5.88 Å². The summed E-state index contributed by atoms with van der Waals surface area (Å²) in [6.45, 7) is 9.17. The third kappa shape index (κ3) is 3.80. The summed E-state index contributed by atoms with van der Waals surface area (Å²) in [6.07, 6.45) is 4.05. The molecule has 5 heteroatoms. The van der Waals surface area contributed by atoms with E-state index >= 15 is 0 Å². The van der Waals surface area contributed by atoms with Crippen molar-refractivity contribution in [1.82, 2.24) is 15.3 Å². The van der Waals surface area contributed by atoms with Gasteiger partial charge in [-0.1, -0.05) is 13.8 Å². The molecule has 2 N–H and O–H groups in total. The van der Waals surface area contributed by atoms with Crippen molar-refractivity contribution >= 4 is 5.82 Å². The summed E-state index contributed by atoms with van der Waals surface area (Å²) < 4.78 is 5.37. The Balaban J connectivity index is 1.92. The van der Waals surface area contributed by atoms with Crippen LogP contribution in [0.3, 0.4) is 0 Å². The number of nitrogens with zero attached hydrogens (tertiary/aromatic N) is 2. The number of rotatable bonds is 5. The molecule has 0 aromatic carbocycles. The van der Waals surface area contributed by atoms with E-state index in [4.69, 9.17) is 4.74 Å². The molecule has 0 amide bonds. The quantitative estimate of drug-likeness (QED) is 0.852. The van der Waals surface area contributed by atoms with E-state index in [9.17, 15) is 0 Å². The smallest absolute Gasteiger partial charge is 0.218 e. The van der Waals surface area contributed by atoms with Gasteiger partial charge >= 0.3 is 0 Å². The molecular weight excluding hydrogens is 240 g/mol. The largest absolute Gasteiger partial charge is 0.478 e. The lowest BCUT2D eigenvalue weighted by atomic mass is 9.77. The number of aromatic nitrogens is 2. The van der Waals surface area contributed by atoms with Gasteiger partial charge in [-0.25, -0.2) is 9.97 Å². The molecule has 0 bridgehead atoms. The van der Waals surface area contributed by atoms with E-state index < -0.39 is 0 Å². The first-order valence-electron chi connectivity index (χ1n) is 7.04. The van der Waals surface area contributed by atoms with Gasteiger partial charge in [0, 0.05) is 18.7 Å². The molecule has 5 nitrogen and oxygen atoms in total. The van der Waals surface area contributed by atoms with Crippen LogP contribution in [0, 0.1) is 5.41 Å². The van der Waals surface area contributed by atoms with Gasteiger partial charge in [0.2, 0.25) is 5.88 Å². The minimum Gasteiger partial charge on any atom is -0.478 e. The van der Waals surface area contributed by atoms with Crippen molar-refractivity contribution < 1.29 is 4.74 Å². The highest BCUT2D eigenvalue weighted by Crippen LogP contribution is 2.30. The second-order valence-corrected chi connectivity index (χ2v) is 5.65. The number of piperidine rings is 1. The zero-order valence-corrected chi connectivity index (χ0v) is 12.1. The van der Waals surface area contributed by atoms with Gasteiger partial charge in [-0.3, -0.25) is 0 Å². The third-order valence-electron chi connectivity index (χ3n) is 3.75. The van der Waals surface area contributed by atoms with Crippen molar-refractivity contribution in [2.24, 2.45) is 5.41 Å². The molecule has 0 radical (unpaired) electrons. The molecule has 1 aliphatic rings. The van der Waals surface area contributed by atoms with Crippen LogP contribution in [0.4, 0.5) is 5.82 Å². The standard InChI is InChI=1S/C14H24N4O/c1-4-19-13-8-12(17-10-18-13)16-9-11-14(2,3)6-5-7-15-11/h8,10-11,15H,4-7,9H2,1-3H3,(H,16,17,18). The molecule has 2 rings (SSSR count). The summed E-state index contributed by atoms with van der Waals surface area (Å²) >= 11 is 0. The van der Waals surface area contributed by atoms with E-state index in [2.05, 4.69) is 34.4 Å². The minimum atomic E-state index is 0.320. The van der Waals surface area contributed by atoms with Crippen LogP contribution >= 0.6 is 0 Å². The van der Waals surface area contributed by atoms with E-state index in [1.165, 1.54) is 19.2 Å². The second kappa shape index (κ2) is 6.19. The Bertz CT molecular complexity index is 408. The van der Waals surface area contributed by atoms with E-state index in [0.717, 1.165) is 18.9 Å². The maximum atomic E-state index is 5.37. The zero-order valence-electron chi connectivity index (χ0n) is 12.1. The third-order valence-corrected chi connectivity index (χ3v) is 3.75. The normalized spacial score (nSPS) is 21.9. The molecule has 0 saturated carbocycles. The Hall–Kier alpha value is -1.36. The van der Waals surface area contributed by atoms with Gasteiger partial charge in [0.15, 0.2) is 0 Å². The number of hydrogen-bond acceptors (Lipinski definition) is 5. The average Bonchev–Trinajstić information content (AvgIpc) is 2.38. The fourth-order valence-electron chi connectivity index (χ4n) is 2.49. The van der Waals surface area contributed by atoms with Crippen LogP contribution in [-0.2, 0) is 0 Å². The van der Waals surface area contributed by atoms with Crippen LogP contribution in [0.2, 0.25) is 0 Å². The molecule has 2 heterocycles. The Morgan fingerprint density at radius 3 is 3.05 bits per heavy atom. The number of ether oxygens (including phenoxy) is 1. The Morgan fingerprint density at radius 2 is 2.32 bits per heavy atom. The van der Waals surface area contributed by atoms with Crippen molar-refractivity contribution in [3.63, 3.8) is 0 Å². The molecule has 1 aromatic heterocycles. The van der Waals surface area contributed by atoms with E-state index in [0.29, 0.717) is 23.9 Å². The number of anilines is 1. The van der Waals surface area contributed by atoms with Gasteiger partial charge in [0.1, 0.15) is 12.1 Å². The molecule has 1 aliphatic heterocycles. The van der Waals surface area contributed by atoms with Gasteiger partial charge in [0.25, 0.3) is 0 Å². The van der Waals surface area contributed by atoms with Crippen LogP contribution in [0.25, 0.3) is 0 Å². The number of nitrogens with one attached hydrogen (secondary N) is 2. The summed E-state index contributed by atoms with van der Waals surface area (Å²) in [7, 11) is 0. The molecule has 1 saturated heterocycles. The summed E-state index contributed by atoms with van der Waals surface area (Å²) in [5, 5.41) is 6.96. The Morgan fingerprint density at radius 1 is 1.47 bits per heavy atom. The first-order chi connectivity index (χ1) is 9.12. The first kappa shape index (κ1) is 14.1. The minimum absolute atomic E-state index is 0.320. The van der Waals surface area contributed by atoms with Crippen molar-refractivity contribution in [2.75, 3.05) is 25.0 Å². The van der Waals surface area contributed by atoms with Crippen molar-refractivity contribution in [1.29, 1.82) is 0 Å². The van der Waals surface area contributed by atoms with E-state index in [1.54, 1.807) is 0 Å². The van der Waals surface area contributed by atoms with Gasteiger partial charge in [-0.05, 0) is 31.7 Å². The van der Waals surface area contributed by atoms with E-state index in [-0.39, 0.29) is 0 Å². The SMILES string of the molecule is CCOc1cc(NCC2NCCCC2(C)C)ncn1. The van der Waals surface area contributed by atoms with Gasteiger partial charge in [0.05, 0.1) is 6.61 Å². The van der Waals surface area contributed by atoms with E-state index in [1.807, 2.05) is 13.0 Å². The van der Waals surface area contributed by atoms with Crippen LogP contribution < -0.4 is 15.4 Å². The molecule has 1 aromatic rings. The Kier molecular flexibility index (Phi) is 4.58. The monoisotopic (exact) mass is 264 g/mol. The van der Waals surface area contributed by atoms with Gasteiger partial charge in [-0.15, -0.1) is 0 Å². The van der Waals surface area contributed by atoms with Gasteiger partial charge < -0.3 is 15.4 Å². The first-order valence-corrected chi connectivity index (χ1v) is 7.04. The highest BCUT2D eigenvalue weighted by molar-refractivity contribution is 5.37. The molecular formula is C14H24N4O. The molecule has 1 atom stereocenters. The Labute approximate surface area is 115 Å². The maximum Gasteiger partial charge on any atom is 0.218 e. The van der Waals surface area contributed by atoms with Crippen molar-refractivity contribution in [2.45, 2.75) is 39.7 Å². The average molecular weight is 264 g/mol. The lowest BCUT2D eigenvalue weighted by Gasteiger charge is -2.39. The maximum absolute atomic E-state index is 5.37. The molecule has 1 unspecified atom stereocenters. The summed E-state index contributed by atoms with van der Waals surface area (Å²) in [6, 6.07) is 2.31. The second-order valence-electron chi connectivity index (χ2n) is 5.65. The molecule has 106 valence electrons. The number of hydrogen-bond donors (Lipinski definition) is 2. The fraction of sp³-hybridized carbons (Fsp3) is 0.714. The predicted molar refractivity (Wildman–Crippen MR) is 76.5 cm³/mol. The summed E-state index contributed by atoms with van der Waals surface area (Å²) in [4.78, 5) is 8.29. The van der Waals surface area contributed by atoms with Crippen LogP contribution in [0.15, 0.2) is 12.4 Å². The zero-order chi connectivity index (χ0) is 13.7. The summed E-state index contributed by atoms with van der Waals surface area (Å²) in [5.74, 6) is 1.44. The van der Waals surface area contributed by atoms with Crippen molar-refractivity contribution in [3.05, 3.63) is 12.4 Å². The van der Waals surface area contributed by atoms with Gasteiger partial charge in [-0.2, -0.15) is 0 Å². The van der Waals surface area contributed by atoms with Crippen LogP contribution in [0.1, 0.15) is 33.6 Å². The summed E-state index contributed by atoms with van der Waals surface area (Å²) in [5.41, 5.74) is 0.320. The lowest BCUT2D eigenvalue weighted by molar-refractivity contribution is 0.188. The molecule has 0 aliphatic carbocycles. The predicted octanol–water partition coefficient (Wildman–Crippen LogP) is 2.07. The molecule has 1 fully saturated rings. The highest BCUT2D eigenvalue weighted by atomic mass is 16.5. The highest BCUT2D eigenvalue weighted by Gasteiger charge is 2.31. The topological polar surface area (TPSA) is 59.1 Å². The fourth-order valence-corrected chi connectivity index (χ4v) is 2.49. The van der Waals surface area contributed by atoms with Crippen LogP contribution in [-0.4, -0.2) is 35.7 Å². The van der Waals surface area contributed by atoms with Crippen LogP contribution in [0.5, 0.6) is 5.88 Å². The molecule has 19 heavy (non-hydrogen) atoms. The lowest BCUT2D eigenvalue weighted by Crippen LogP contribution is -2.50.